The number of nitrogens with one attached hydrogen (secondary N) is 1. The molecule has 1 aliphatic rings. The minimum atomic E-state index is -4.76. The second kappa shape index (κ2) is 6.89. The lowest BCUT2D eigenvalue weighted by molar-refractivity contribution is -0.274. The van der Waals surface area contributed by atoms with Crippen molar-refractivity contribution in [2.75, 3.05) is 18.4 Å². The van der Waals surface area contributed by atoms with E-state index in [4.69, 9.17) is 0 Å². The number of ether oxygens (including phenoxy) is 1. The van der Waals surface area contributed by atoms with Crippen molar-refractivity contribution in [3.63, 3.8) is 0 Å². The van der Waals surface area contributed by atoms with Gasteiger partial charge in [-0.3, -0.25) is 4.79 Å². The Morgan fingerprint density at radius 2 is 2.09 bits per heavy atom. The van der Waals surface area contributed by atoms with Gasteiger partial charge in [-0.1, -0.05) is 12.1 Å². The smallest absolute Gasteiger partial charge is 0.404 e. The Balaban J connectivity index is 1.98. The molecule has 0 saturated carbocycles. The second-order valence-corrected chi connectivity index (χ2v) is 5.33. The summed E-state index contributed by atoms with van der Waals surface area (Å²) >= 11 is 0. The number of anilines is 1. The van der Waals surface area contributed by atoms with Crippen LogP contribution in [0.5, 0.6) is 5.75 Å². The number of rotatable bonds is 4. The average Bonchev–Trinajstić information content (AvgIpc) is 2.45. The number of likely N-dealkylation sites (tertiary alicyclic amines) is 1. The number of hydrogen-bond acceptors (Lipinski definition) is 3. The van der Waals surface area contributed by atoms with E-state index in [0.29, 0.717) is 6.54 Å². The highest BCUT2D eigenvalue weighted by Crippen LogP contribution is 2.29. The van der Waals surface area contributed by atoms with Crippen molar-refractivity contribution in [1.82, 2.24) is 4.90 Å². The van der Waals surface area contributed by atoms with E-state index in [1.165, 1.54) is 18.2 Å². The van der Waals surface area contributed by atoms with Crippen LogP contribution in [-0.2, 0) is 4.79 Å². The highest BCUT2D eigenvalue weighted by atomic mass is 19.4. The third-order valence-corrected chi connectivity index (χ3v) is 3.67. The van der Waals surface area contributed by atoms with Crippen LogP contribution >= 0.6 is 0 Å². The summed E-state index contributed by atoms with van der Waals surface area (Å²) in [6, 6.07) is 5.86. The molecule has 22 heavy (non-hydrogen) atoms. The zero-order valence-corrected chi connectivity index (χ0v) is 12.3. The standard InChI is InChI=1S/C15H19F3N2O2/c1-11-6-4-5-9-20(11)14(21)10-19-12-7-2-3-8-13(12)22-15(16,17)18/h2-3,7-8,11,19H,4-6,9-10H2,1H3. The molecule has 122 valence electrons. The third kappa shape index (κ3) is 4.54. The predicted octanol–water partition coefficient (Wildman–Crippen LogP) is 3.40. The van der Waals surface area contributed by atoms with Gasteiger partial charge in [0, 0.05) is 12.6 Å². The topological polar surface area (TPSA) is 41.6 Å². The zero-order chi connectivity index (χ0) is 16.2. The fourth-order valence-corrected chi connectivity index (χ4v) is 2.57. The summed E-state index contributed by atoms with van der Waals surface area (Å²) in [7, 11) is 0. The molecular formula is C15H19F3N2O2. The molecule has 1 heterocycles. The van der Waals surface area contributed by atoms with Gasteiger partial charge in [-0.15, -0.1) is 13.2 Å². The fraction of sp³-hybridized carbons (Fsp3) is 0.533. The third-order valence-electron chi connectivity index (χ3n) is 3.67. The first-order valence-electron chi connectivity index (χ1n) is 7.25. The number of carbonyl (C=O) groups excluding carboxylic acids is 1. The van der Waals surface area contributed by atoms with Crippen molar-refractivity contribution in [2.45, 2.75) is 38.6 Å². The first-order chi connectivity index (χ1) is 10.4. The van der Waals surface area contributed by atoms with Crippen LogP contribution in [-0.4, -0.2) is 36.3 Å². The molecule has 1 saturated heterocycles. The molecule has 0 bridgehead atoms. The summed E-state index contributed by atoms with van der Waals surface area (Å²) < 4.78 is 41.0. The minimum absolute atomic E-state index is 0.0530. The molecule has 0 aromatic heterocycles. The van der Waals surface area contributed by atoms with Gasteiger partial charge >= 0.3 is 6.36 Å². The maximum Gasteiger partial charge on any atom is 0.573 e. The van der Waals surface area contributed by atoms with Crippen LogP contribution < -0.4 is 10.1 Å². The molecule has 0 spiro atoms. The Hall–Kier alpha value is -1.92. The summed E-state index contributed by atoms with van der Waals surface area (Å²) in [6.07, 6.45) is -1.74. The van der Waals surface area contributed by atoms with Gasteiger partial charge in [0.15, 0.2) is 5.75 Å². The Kier molecular flexibility index (Phi) is 5.15. The lowest BCUT2D eigenvalue weighted by atomic mass is 10.0. The number of piperidine rings is 1. The monoisotopic (exact) mass is 316 g/mol. The van der Waals surface area contributed by atoms with Crippen LogP contribution in [0.15, 0.2) is 24.3 Å². The zero-order valence-electron chi connectivity index (χ0n) is 12.3. The van der Waals surface area contributed by atoms with Gasteiger partial charge in [0.1, 0.15) is 0 Å². The number of carbonyl (C=O) groups is 1. The lowest BCUT2D eigenvalue weighted by Gasteiger charge is -2.33. The molecule has 1 fully saturated rings. The van der Waals surface area contributed by atoms with Crippen LogP contribution in [0.2, 0.25) is 0 Å². The number of amides is 1. The molecule has 1 aliphatic heterocycles. The van der Waals surface area contributed by atoms with Crippen LogP contribution in [0, 0.1) is 0 Å². The van der Waals surface area contributed by atoms with Crippen LogP contribution in [0.3, 0.4) is 0 Å². The number of hydrogen-bond donors (Lipinski definition) is 1. The molecule has 1 N–H and O–H groups in total. The number of halogens is 3. The quantitative estimate of drug-likeness (QED) is 0.925. The molecule has 1 atom stereocenters. The minimum Gasteiger partial charge on any atom is -0.404 e. The molecule has 1 amide bonds. The molecule has 1 unspecified atom stereocenters. The number of benzene rings is 1. The van der Waals surface area contributed by atoms with Crippen molar-refractivity contribution in [1.29, 1.82) is 0 Å². The van der Waals surface area contributed by atoms with Crippen LogP contribution in [0.25, 0.3) is 0 Å². The Morgan fingerprint density at radius 3 is 2.77 bits per heavy atom. The summed E-state index contributed by atoms with van der Waals surface area (Å²) in [4.78, 5) is 13.9. The molecular weight excluding hydrogens is 297 g/mol. The SMILES string of the molecule is CC1CCCCN1C(=O)CNc1ccccc1OC(F)(F)F. The van der Waals surface area contributed by atoms with E-state index >= 15 is 0 Å². The number of para-hydroxylation sites is 2. The molecule has 2 rings (SSSR count). The van der Waals surface area contributed by atoms with Crippen molar-refractivity contribution in [2.24, 2.45) is 0 Å². The Labute approximate surface area is 127 Å². The van der Waals surface area contributed by atoms with Gasteiger partial charge in [-0.05, 0) is 38.3 Å². The van der Waals surface area contributed by atoms with Crippen molar-refractivity contribution >= 4 is 11.6 Å². The molecule has 7 heteroatoms. The second-order valence-electron chi connectivity index (χ2n) is 5.33. The summed E-state index contributed by atoms with van der Waals surface area (Å²) in [5, 5.41) is 2.74. The van der Waals surface area contributed by atoms with Gasteiger partial charge in [0.25, 0.3) is 0 Å². The summed E-state index contributed by atoms with van der Waals surface area (Å²) in [5.74, 6) is -0.455. The predicted molar refractivity (Wildman–Crippen MR) is 76.6 cm³/mol. The first kappa shape index (κ1) is 16.5. The maximum absolute atomic E-state index is 12.3. The van der Waals surface area contributed by atoms with Gasteiger partial charge < -0.3 is 15.0 Å². The Morgan fingerprint density at radius 1 is 1.36 bits per heavy atom. The maximum atomic E-state index is 12.3. The van der Waals surface area contributed by atoms with Gasteiger partial charge in [0.05, 0.1) is 12.2 Å². The average molecular weight is 316 g/mol. The molecule has 4 nitrogen and oxygen atoms in total. The van der Waals surface area contributed by atoms with Gasteiger partial charge in [-0.2, -0.15) is 0 Å². The highest BCUT2D eigenvalue weighted by molar-refractivity contribution is 5.81. The van der Waals surface area contributed by atoms with Gasteiger partial charge in [-0.25, -0.2) is 0 Å². The van der Waals surface area contributed by atoms with Gasteiger partial charge in [0.2, 0.25) is 5.91 Å². The molecule has 0 aliphatic carbocycles. The van der Waals surface area contributed by atoms with Crippen LogP contribution in [0.1, 0.15) is 26.2 Å². The van der Waals surface area contributed by atoms with Crippen molar-refractivity contribution < 1.29 is 22.7 Å². The summed E-state index contributed by atoms with van der Waals surface area (Å²) in [5.41, 5.74) is 0.151. The summed E-state index contributed by atoms with van der Waals surface area (Å²) in [6.45, 7) is 2.63. The number of alkyl halides is 3. The van der Waals surface area contributed by atoms with Crippen LogP contribution in [0.4, 0.5) is 18.9 Å². The van der Waals surface area contributed by atoms with E-state index in [9.17, 15) is 18.0 Å². The van der Waals surface area contributed by atoms with E-state index in [1.807, 2.05) is 6.92 Å². The van der Waals surface area contributed by atoms with E-state index in [-0.39, 0.29) is 29.9 Å². The van der Waals surface area contributed by atoms with Crippen molar-refractivity contribution in [3.05, 3.63) is 24.3 Å². The fourth-order valence-electron chi connectivity index (χ4n) is 2.57. The first-order valence-corrected chi connectivity index (χ1v) is 7.25. The van der Waals surface area contributed by atoms with E-state index in [0.717, 1.165) is 19.3 Å². The largest absolute Gasteiger partial charge is 0.573 e. The lowest BCUT2D eigenvalue weighted by Crippen LogP contribution is -2.44. The Bertz CT molecular complexity index is 520. The molecule has 1 aromatic carbocycles. The number of nitrogens with zero attached hydrogens (tertiary/aromatic N) is 1. The van der Waals surface area contributed by atoms with Crippen molar-refractivity contribution in [3.8, 4) is 5.75 Å². The van der Waals surface area contributed by atoms with E-state index in [1.54, 1.807) is 11.0 Å². The normalized spacial score (nSPS) is 18.9. The highest BCUT2D eigenvalue weighted by Gasteiger charge is 2.32. The van der Waals surface area contributed by atoms with E-state index in [2.05, 4.69) is 10.1 Å². The molecule has 1 aromatic rings. The molecule has 0 radical (unpaired) electrons. The van der Waals surface area contributed by atoms with E-state index < -0.39 is 6.36 Å².